The fraction of sp³-hybridized carbons (Fsp3) is 0.957. The Morgan fingerprint density at radius 3 is 1.93 bits per heavy atom. The molecule has 0 saturated carbocycles. The fourth-order valence-corrected chi connectivity index (χ4v) is 3.05. The number of rotatable bonds is 20. The lowest BCUT2D eigenvalue weighted by molar-refractivity contribution is -0.149. The van der Waals surface area contributed by atoms with Gasteiger partial charge >= 0.3 is 5.97 Å². The van der Waals surface area contributed by atoms with Crippen molar-refractivity contribution in [2.75, 3.05) is 13.2 Å². The van der Waals surface area contributed by atoms with Crippen molar-refractivity contribution in [1.82, 2.24) is 0 Å². The Morgan fingerprint density at radius 1 is 0.778 bits per heavy atom. The molecule has 0 amide bonds. The van der Waals surface area contributed by atoms with E-state index in [1.165, 1.54) is 51.4 Å². The van der Waals surface area contributed by atoms with Crippen LogP contribution in [0.5, 0.6) is 0 Å². The molecule has 27 heavy (non-hydrogen) atoms. The summed E-state index contributed by atoms with van der Waals surface area (Å²) in [4.78, 5) is 11.8. The van der Waals surface area contributed by atoms with Gasteiger partial charge in [0, 0.05) is 12.3 Å². The molecule has 0 aliphatic heterocycles. The minimum Gasteiger partial charge on any atom is -0.465 e. The van der Waals surface area contributed by atoms with Crippen LogP contribution >= 0.6 is 0 Å². The lowest BCUT2D eigenvalue weighted by atomic mass is 10.1. The van der Waals surface area contributed by atoms with E-state index in [4.69, 9.17) is 9.47 Å². The van der Waals surface area contributed by atoms with Gasteiger partial charge < -0.3 is 14.6 Å². The molecule has 0 rings (SSSR count). The number of carbonyl (C=O) groups is 1. The highest BCUT2D eigenvalue weighted by Gasteiger charge is 2.13. The number of esters is 1. The molecular formula is C23H46O4. The summed E-state index contributed by atoms with van der Waals surface area (Å²) in [6.45, 7) is 7.34. The molecule has 4 heteroatoms. The van der Waals surface area contributed by atoms with E-state index in [2.05, 4.69) is 20.8 Å². The average Bonchev–Trinajstić information content (AvgIpc) is 2.67. The van der Waals surface area contributed by atoms with E-state index >= 15 is 0 Å². The van der Waals surface area contributed by atoms with Gasteiger partial charge in [-0.2, -0.15) is 0 Å². The molecule has 1 N–H and O–H groups in total. The summed E-state index contributed by atoms with van der Waals surface area (Å²) in [6, 6.07) is 0. The van der Waals surface area contributed by atoms with Crippen LogP contribution in [0.25, 0.3) is 0 Å². The summed E-state index contributed by atoms with van der Waals surface area (Å²) >= 11 is 0. The van der Waals surface area contributed by atoms with Gasteiger partial charge in [-0.15, -0.1) is 0 Å². The molecule has 0 aromatic heterocycles. The standard InChI is InChI=1S/C23H46O4/c1-4-7-9-11-13-15-17-22(24)26-19-21(6-3)20-27-23(25)18-16-14-12-10-8-5-2/h21-22,24H,4-20H2,1-3H3. The Labute approximate surface area is 168 Å². The second kappa shape index (κ2) is 20.1. The van der Waals surface area contributed by atoms with Crippen LogP contribution in [-0.4, -0.2) is 30.6 Å². The smallest absolute Gasteiger partial charge is 0.305 e. The van der Waals surface area contributed by atoms with Crippen molar-refractivity contribution in [2.45, 2.75) is 123 Å². The van der Waals surface area contributed by atoms with Crippen molar-refractivity contribution < 1.29 is 19.4 Å². The number of carbonyl (C=O) groups excluding carboxylic acids is 1. The molecule has 0 fully saturated rings. The molecule has 0 spiro atoms. The van der Waals surface area contributed by atoms with Crippen molar-refractivity contribution in [3.05, 3.63) is 0 Å². The first kappa shape index (κ1) is 26.4. The Hall–Kier alpha value is -0.610. The zero-order valence-corrected chi connectivity index (χ0v) is 18.3. The Kier molecular flexibility index (Phi) is 19.7. The minimum absolute atomic E-state index is 0.100. The van der Waals surface area contributed by atoms with Crippen LogP contribution in [0.4, 0.5) is 0 Å². The van der Waals surface area contributed by atoms with E-state index < -0.39 is 6.29 Å². The highest BCUT2D eigenvalue weighted by atomic mass is 16.6. The fourth-order valence-electron chi connectivity index (χ4n) is 3.05. The molecule has 0 aliphatic carbocycles. The first-order valence-corrected chi connectivity index (χ1v) is 11.6. The van der Waals surface area contributed by atoms with Gasteiger partial charge in [0.25, 0.3) is 0 Å². The van der Waals surface area contributed by atoms with Crippen molar-refractivity contribution in [3.8, 4) is 0 Å². The highest BCUT2D eigenvalue weighted by molar-refractivity contribution is 5.69. The van der Waals surface area contributed by atoms with E-state index in [-0.39, 0.29) is 11.9 Å². The summed E-state index contributed by atoms with van der Waals surface area (Å²) in [6.07, 6.45) is 15.7. The van der Waals surface area contributed by atoms with Gasteiger partial charge in [-0.1, -0.05) is 85.0 Å². The average molecular weight is 387 g/mol. The Bertz CT molecular complexity index is 320. The second-order valence-corrected chi connectivity index (χ2v) is 7.82. The zero-order valence-electron chi connectivity index (χ0n) is 18.3. The molecule has 4 nitrogen and oxygen atoms in total. The molecule has 2 atom stereocenters. The third-order valence-corrected chi connectivity index (χ3v) is 5.12. The van der Waals surface area contributed by atoms with Crippen LogP contribution in [-0.2, 0) is 14.3 Å². The van der Waals surface area contributed by atoms with Gasteiger partial charge in [-0.3, -0.25) is 4.79 Å². The molecule has 0 aliphatic rings. The highest BCUT2D eigenvalue weighted by Crippen LogP contribution is 2.12. The molecule has 0 saturated heterocycles. The van der Waals surface area contributed by atoms with E-state index in [0.29, 0.717) is 26.1 Å². The molecule has 0 aromatic carbocycles. The third-order valence-electron chi connectivity index (χ3n) is 5.12. The van der Waals surface area contributed by atoms with Gasteiger partial charge in [0.05, 0.1) is 13.2 Å². The van der Waals surface area contributed by atoms with E-state index in [9.17, 15) is 9.90 Å². The van der Waals surface area contributed by atoms with Crippen LogP contribution in [0.2, 0.25) is 0 Å². The minimum atomic E-state index is -0.691. The predicted molar refractivity (Wildman–Crippen MR) is 113 cm³/mol. The molecule has 162 valence electrons. The predicted octanol–water partition coefficient (Wildman–Crippen LogP) is 6.39. The zero-order chi connectivity index (χ0) is 20.2. The van der Waals surface area contributed by atoms with Crippen molar-refractivity contribution in [3.63, 3.8) is 0 Å². The topological polar surface area (TPSA) is 55.8 Å². The maximum Gasteiger partial charge on any atom is 0.305 e. The molecule has 0 heterocycles. The second-order valence-electron chi connectivity index (χ2n) is 7.82. The van der Waals surface area contributed by atoms with Crippen LogP contribution in [0.1, 0.15) is 117 Å². The monoisotopic (exact) mass is 386 g/mol. The van der Waals surface area contributed by atoms with Crippen molar-refractivity contribution in [2.24, 2.45) is 5.92 Å². The van der Waals surface area contributed by atoms with Gasteiger partial charge in [0.1, 0.15) is 0 Å². The number of unbranched alkanes of at least 4 members (excludes halogenated alkanes) is 10. The normalized spacial score (nSPS) is 13.5. The maximum atomic E-state index is 11.8. The number of hydrogen-bond donors (Lipinski definition) is 1. The quantitative estimate of drug-likeness (QED) is 0.150. The van der Waals surface area contributed by atoms with E-state index in [0.717, 1.165) is 32.1 Å². The molecule has 0 radical (unpaired) electrons. The van der Waals surface area contributed by atoms with Crippen LogP contribution in [0.3, 0.4) is 0 Å². The Morgan fingerprint density at radius 2 is 1.33 bits per heavy atom. The molecule has 0 bridgehead atoms. The van der Waals surface area contributed by atoms with Gasteiger partial charge in [0.2, 0.25) is 0 Å². The first-order chi connectivity index (χ1) is 13.1. The molecule has 2 unspecified atom stereocenters. The third kappa shape index (κ3) is 18.5. The largest absolute Gasteiger partial charge is 0.465 e. The number of ether oxygens (including phenoxy) is 2. The van der Waals surface area contributed by atoms with Gasteiger partial charge in [0.15, 0.2) is 6.29 Å². The molecule has 0 aromatic rings. The van der Waals surface area contributed by atoms with E-state index in [1.54, 1.807) is 0 Å². The van der Waals surface area contributed by atoms with Gasteiger partial charge in [-0.05, 0) is 25.7 Å². The van der Waals surface area contributed by atoms with Crippen molar-refractivity contribution >= 4 is 5.97 Å². The van der Waals surface area contributed by atoms with Crippen LogP contribution in [0, 0.1) is 5.92 Å². The van der Waals surface area contributed by atoms with Crippen LogP contribution in [0.15, 0.2) is 0 Å². The summed E-state index contributed by atoms with van der Waals surface area (Å²) in [5.74, 6) is 0.0641. The van der Waals surface area contributed by atoms with Crippen LogP contribution < -0.4 is 0 Å². The summed E-state index contributed by atoms with van der Waals surface area (Å²) in [5, 5.41) is 9.95. The van der Waals surface area contributed by atoms with Gasteiger partial charge in [-0.25, -0.2) is 0 Å². The number of hydrogen-bond acceptors (Lipinski definition) is 4. The maximum absolute atomic E-state index is 11.8. The summed E-state index contributed by atoms with van der Waals surface area (Å²) in [7, 11) is 0. The lowest BCUT2D eigenvalue weighted by Gasteiger charge is -2.18. The number of aliphatic hydroxyl groups excluding tert-OH is 1. The molecular weight excluding hydrogens is 340 g/mol. The SMILES string of the molecule is CCCCCCCCC(=O)OCC(CC)COC(O)CCCCCCCC. The first-order valence-electron chi connectivity index (χ1n) is 11.6. The summed E-state index contributed by atoms with van der Waals surface area (Å²) in [5.41, 5.74) is 0. The number of aliphatic hydroxyl groups is 1. The van der Waals surface area contributed by atoms with Crippen molar-refractivity contribution in [1.29, 1.82) is 0 Å². The Balaban J connectivity index is 3.65. The lowest BCUT2D eigenvalue weighted by Crippen LogP contribution is -2.22. The van der Waals surface area contributed by atoms with E-state index in [1.807, 2.05) is 0 Å². The summed E-state index contributed by atoms with van der Waals surface area (Å²) < 4.78 is 10.9.